The molecule has 0 aliphatic rings. The van der Waals surface area contributed by atoms with Gasteiger partial charge in [-0.05, 0) is 50.7 Å². The molecule has 110 valence electrons. The highest BCUT2D eigenvalue weighted by Gasteiger charge is 2.13. The van der Waals surface area contributed by atoms with E-state index in [-0.39, 0.29) is 0 Å². The fraction of sp³-hybridized carbons (Fsp3) is 1.00. The van der Waals surface area contributed by atoms with Crippen LogP contribution in [0, 0.1) is 11.8 Å². The molecular formula is C17H37N. The first-order valence-corrected chi connectivity index (χ1v) is 8.37. The highest BCUT2D eigenvalue weighted by molar-refractivity contribution is 4.66. The molecule has 0 aromatic rings. The van der Waals surface area contributed by atoms with Gasteiger partial charge in [0.1, 0.15) is 0 Å². The monoisotopic (exact) mass is 255 g/mol. The van der Waals surface area contributed by atoms with Gasteiger partial charge in [-0.25, -0.2) is 0 Å². The van der Waals surface area contributed by atoms with Crippen LogP contribution in [-0.4, -0.2) is 24.5 Å². The van der Waals surface area contributed by atoms with E-state index in [4.69, 9.17) is 0 Å². The Kier molecular flexibility index (Phi) is 12.0. The fourth-order valence-electron chi connectivity index (χ4n) is 2.51. The third kappa shape index (κ3) is 8.97. The lowest BCUT2D eigenvalue weighted by molar-refractivity contribution is 0.228. The van der Waals surface area contributed by atoms with Gasteiger partial charge in [-0.3, -0.25) is 0 Å². The molecule has 0 aromatic heterocycles. The van der Waals surface area contributed by atoms with Gasteiger partial charge in [-0.15, -0.1) is 0 Å². The maximum atomic E-state index is 2.67. The number of hydrogen-bond donors (Lipinski definition) is 0. The molecule has 1 heteroatoms. The second kappa shape index (κ2) is 12.0. The summed E-state index contributed by atoms with van der Waals surface area (Å²) in [5, 5.41) is 0. The largest absolute Gasteiger partial charge is 0.303 e. The molecule has 18 heavy (non-hydrogen) atoms. The first-order valence-electron chi connectivity index (χ1n) is 8.37. The van der Waals surface area contributed by atoms with Gasteiger partial charge in [-0.1, -0.05) is 60.3 Å². The summed E-state index contributed by atoms with van der Waals surface area (Å²) in [6, 6.07) is 0. The standard InChI is InChI=1S/C17H37N/c1-6-9-11-16(4)17(5)12-15-18(13-8-3)14-10-7-2/h16-17H,6-15H2,1-5H3/t16?,17-/m0/s1. The van der Waals surface area contributed by atoms with Crippen LogP contribution in [0.3, 0.4) is 0 Å². The Bertz CT molecular complexity index is 167. The van der Waals surface area contributed by atoms with Crippen LogP contribution in [0.15, 0.2) is 0 Å². The summed E-state index contributed by atoms with van der Waals surface area (Å²) in [6.07, 6.45) is 9.52. The van der Waals surface area contributed by atoms with Gasteiger partial charge in [0.05, 0.1) is 0 Å². The maximum Gasteiger partial charge on any atom is -0.00161 e. The molecule has 1 unspecified atom stereocenters. The van der Waals surface area contributed by atoms with Crippen LogP contribution >= 0.6 is 0 Å². The topological polar surface area (TPSA) is 3.24 Å². The van der Waals surface area contributed by atoms with E-state index in [1.807, 2.05) is 0 Å². The molecule has 0 rings (SSSR count). The lowest BCUT2D eigenvalue weighted by Crippen LogP contribution is -2.28. The normalized spacial score (nSPS) is 15.0. The van der Waals surface area contributed by atoms with Gasteiger partial charge in [-0.2, -0.15) is 0 Å². The Labute approximate surface area is 116 Å². The van der Waals surface area contributed by atoms with Crippen LogP contribution in [0.4, 0.5) is 0 Å². The Morgan fingerprint density at radius 3 is 1.83 bits per heavy atom. The quantitative estimate of drug-likeness (QED) is 0.454. The van der Waals surface area contributed by atoms with Crippen LogP contribution in [-0.2, 0) is 0 Å². The van der Waals surface area contributed by atoms with Crippen molar-refractivity contribution in [2.24, 2.45) is 11.8 Å². The van der Waals surface area contributed by atoms with E-state index in [2.05, 4.69) is 39.5 Å². The van der Waals surface area contributed by atoms with Crippen molar-refractivity contribution in [2.75, 3.05) is 19.6 Å². The Morgan fingerprint density at radius 2 is 1.28 bits per heavy atom. The molecule has 0 spiro atoms. The molecular weight excluding hydrogens is 218 g/mol. The van der Waals surface area contributed by atoms with E-state index in [9.17, 15) is 0 Å². The molecule has 0 fully saturated rings. The predicted molar refractivity (Wildman–Crippen MR) is 84.1 cm³/mol. The second-order valence-electron chi connectivity index (χ2n) is 6.08. The highest BCUT2D eigenvalue weighted by atomic mass is 15.1. The van der Waals surface area contributed by atoms with E-state index < -0.39 is 0 Å². The molecule has 1 nitrogen and oxygen atoms in total. The van der Waals surface area contributed by atoms with Crippen molar-refractivity contribution in [1.82, 2.24) is 4.90 Å². The zero-order valence-corrected chi connectivity index (χ0v) is 13.7. The van der Waals surface area contributed by atoms with Crippen LogP contribution in [0.25, 0.3) is 0 Å². The summed E-state index contributed by atoms with van der Waals surface area (Å²) in [7, 11) is 0. The lowest BCUT2D eigenvalue weighted by Gasteiger charge is -2.26. The lowest BCUT2D eigenvalue weighted by atomic mass is 9.88. The summed E-state index contributed by atoms with van der Waals surface area (Å²) in [6.45, 7) is 15.7. The SMILES string of the molecule is CCCCC(C)[C@@H](C)CCN(CCC)CCCC. The Balaban J connectivity index is 3.85. The molecule has 0 amide bonds. The predicted octanol–water partition coefficient (Wildman–Crippen LogP) is 5.35. The molecule has 0 aliphatic heterocycles. The second-order valence-corrected chi connectivity index (χ2v) is 6.08. The number of rotatable bonds is 12. The van der Waals surface area contributed by atoms with Crippen LogP contribution in [0.2, 0.25) is 0 Å². The highest BCUT2D eigenvalue weighted by Crippen LogP contribution is 2.21. The van der Waals surface area contributed by atoms with Gasteiger partial charge < -0.3 is 4.90 Å². The molecule has 0 bridgehead atoms. The molecule has 0 radical (unpaired) electrons. The van der Waals surface area contributed by atoms with Crippen molar-refractivity contribution in [3.8, 4) is 0 Å². The zero-order chi connectivity index (χ0) is 13.8. The maximum absolute atomic E-state index is 2.67. The average Bonchev–Trinajstić information content (AvgIpc) is 2.38. The first kappa shape index (κ1) is 18.0. The van der Waals surface area contributed by atoms with E-state index in [0.717, 1.165) is 11.8 Å². The van der Waals surface area contributed by atoms with Crippen molar-refractivity contribution in [3.05, 3.63) is 0 Å². The van der Waals surface area contributed by atoms with Crippen molar-refractivity contribution in [2.45, 2.75) is 79.6 Å². The fourth-order valence-corrected chi connectivity index (χ4v) is 2.51. The number of unbranched alkanes of at least 4 members (excludes halogenated alkanes) is 2. The van der Waals surface area contributed by atoms with E-state index in [1.54, 1.807) is 0 Å². The average molecular weight is 255 g/mol. The number of hydrogen-bond acceptors (Lipinski definition) is 1. The van der Waals surface area contributed by atoms with Gasteiger partial charge in [0.2, 0.25) is 0 Å². The minimum atomic E-state index is 0.887. The van der Waals surface area contributed by atoms with Crippen LogP contribution in [0.1, 0.15) is 79.6 Å². The van der Waals surface area contributed by atoms with E-state index >= 15 is 0 Å². The summed E-state index contributed by atoms with van der Waals surface area (Å²) in [5.74, 6) is 1.79. The van der Waals surface area contributed by atoms with E-state index in [1.165, 1.54) is 64.6 Å². The molecule has 0 saturated carbocycles. The Morgan fingerprint density at radius 1 is 0.667 bits per heavy atom. The molecule has 0 aliphatic carbocycles. The van der Waals surface area contributed by atoms with Gasteiger partial charge in [0.15, 0.2) is 0 Å². The molecule has 0 saturated heterocycles. The van der Waals surface area contributed by atoms with Crippen molar-refractivity contribution >= 4 is 0 Å². The minimum absolute atomic E-state index is 0.887. The van der Waals surface area contributed by atoms with Crippen molar-refractivity contribution < 1.29 is 0 Å². The zero-order valence-electron chi connectivity index (χ0n) is 13.7. The van der Waals surface area contributed by atoms with Crippen LogP contribution < -0.4 is 0 Å². The summed E-state index contributed by atoms with van der Waals surface area (Å²) in [5.41, 5.74) is 0. The number of nitrogens with zero attached hydrogens (tertiary/aromatic N) is 1. The van der Waals surface area contributed by atoms with Crippen LogP contribution in [0.5, 0.6) is 0 Å². The molecule has 0 aromatic carbocycles. The molecule has 2 atom stereocenters. The minimum Gasteiger partial charge on any atom is -0.303 e. The van der Waals surface area contributed by atoms with Gasteiger partial charge in [0.25, 0.3) is 0 Å². The molecule has 0 N–H and O–H groups in total. The van der Waals surface area contributed by atoms with Gasteiger partial charge >= 0.3 is 0 Å². The van der Waals surface area contributed by atoms with Crippen molar-refractivity contribution in [3.63, 3.8) is 0 Å². The van der Waals surface area contributed by atoms with Gasteiger partial charge in [0, 0.05) is 0 Å². The summed E-state index contributed by atoms with van der Waals surface area (Å²) < 4.78 is 0. The third-order valence-electron chi connectivity index (χ3n) is 4.25. The van der Waals surface area contributed by atoms with Crippen molar-refractivity contribution in [1.29, 1.82) is 0 Å². The third-order valence-corrected chi connectivity index (χ3v) is 4.25. The summed E-state index contributed by atoms with van der Waals surface area (Å²) in [4.78, 5) is 2.67. The Hall–Kier alpha value is -0.0400. The molecule has 0 heterocycles. The van der Waals surface area contributed by atoms with E-state index in [0.29, 0.717) is 0 Å². The first-order chi connectivity index (χ1) is 8.65. The summed E-state index contributed by atoms with van der Waals surface area (Å²) >= 11 is 0. The smallest absolute Gasteiger partial charge is 0.00161 e.